The number of carbonyl (C=O) groups excluding carboxylic acids is 1. The van der Waals surface area contributed by atoms with Gasteiger partial charge >= 0.3 is 0 Å². The van der Waals surface area contributed by atoms with Crippen LogP contribution in [-0.4, -0.2) is 21.7 Å². The van der Waals surface area contributed by atoms with Crippen LogP contribution in [0.1, 0.15) is 26.1 Å². The van der Waals surface area contributed by atoms with Crippen LogP contribution < -0.4 is 0 Å². The van der Waals surface area contributed by atoms with Gasteiger partial charge in [-0.15, -0.1) is 11.8 Å². The van der Waals surface area contributed by atoms with Crippen LogP contribution in [0.4, 0.5) is 0 Å². The Morgan fingerprint density at radius 3 is 2.57 bits per heavy atom. The average molecular weight is 343 g/mol. The molecule has 1 heterocycles. The molecular weight excluding hydrogens is 327 g/mol. The van der Waals surface area contributed by atoms with E-state index in [0.717, 1.165) is 29.3 Å². The fourth-order valence-electron chi connectivity index (χ4n) is 2.07. The van der Waals surface area contributed by atoms with Gasteiger partial charge in [-0.2, -0.15) is 0 Å². The summed E-state index contributed by atoms with van der Waals surface area (Å²) in [5, 5.41) is 1.28. The number of halogens is 2. The van der Waals surface area contributed by atoms with Crippen LogP contribution in [0.2, 0.25) is 10.0 Å². The molecule has 0 aliphatic heterocycles. The molecule has 0 atom stereocenters. The Morgan fingerprint density at radius 2 is 1.95 bits per heavy atom. The van der Waals surface area contributed by atoms with E-state index in [1.54, 1.807) is 30.2 Å². The maximum Gasteiger partial charge on any atom is 0.219 e. The summed E-state index contributed by atoms with van der Waals surface area (Å²) in [5.74, 6) is 1.66. The summed E-state index contributed by atoms with van der Waals surface area (Å²) < 4.78 is 1.53. The van der Waals surface area contributed by atoms with Crippen LogP contribution in [0.25, 0.3) is 0 Å². The van der Waals surface area contributed by atoms with Crippen molar-refractivity contribution in [1.82, 2.24) is 9.55 Å². The number of rotatable bonds is 6. The van der Waals surface area contributed by atoms with Crippen molar-refractivity contribution in [1.29, 1.82) is 0 Å². The van der Waals surface area contributed by atoms with Gasteiger partial charge in [0.2, 0.25) is 6.41 Å². The minimum Gasteiger partial charge on any atom is -0.278 e. The van der Waals surface area contributed by atoms with Gasteiger partial charge in [-0.05, 0) is 30.4 Å². The van der Waals surface area contributed by atoms with Crippen LogP contribution in [0.5, 0.6) is 0 Å². The second-order valence-corrected chi connectivity index (χ2v) is 7.39. The predicted octanol–water partition coefficient (Wildman–Crippen LogP) is 4.69. The lowest BCUT2D eigenvalue weighted by molar-refractivity contribution is 0.465. The van der Waals surface area contributed by atoms with Crippen molar-refractivity contribution in [2.75, 3.05) is 5.75 Å². The number of nitrogens with zero attached hydrogens (tertiary/aromatic N) is 2. The molecule has 0 aliphatic carbocycles. The third kappa shape index (κ3) is 4.25. The van der Waals surface area contributed by atoms with E-state index in [4.69, 9.17) is 23.2 Å². The van der Waals surface area contributed by atoms with Gasteiger partial charge in [0.1, 0.15) is 5.82 Å². The van der Waals surface area contributed by atoms with Crippen molar-refractivity contribution < 1.29 is 4.79 Å². The zero-order valence-corrected chi connectivity index (χ0v) is 14.2. The first-order valence-corrected chi connectivity index (χ1v) is 8.24. The number of imidazole rings is 1. The molecule has 3 nitrogen and oxygen atoms in total. The lowest BCUT2D eigenvalue weighted by atomic mass is 9.89. The number of hydrogen-bond donors (Lipinski definition) is 0. The number of thioether (sulfide) groups is 1. The number of benzene rings is 1. The Hall–Kier alpha value is -0.970. The van der Waals surface area contributed by atoms with Crippen molar-refractivity contribution in [2.45, 2.75) is 30.6 Å². The van der Waals surface area contributed by atoms with E-state index in [9.17, 15) is 4.79 Å². The van der Waals surface area contributed by atoms with Gasteiger partial charge in [0.15, 0.2) is 0 Å². The Morgan fingerprint density at radius 1 is 1.29 bits per heavy atom. The summed E-state index contributed by atoms with van der Waals surface area (Å²) in [4.78, 5) is 16.3. The Bertz CT molecular complexity index is 620. The molecule has 0 spiro atoms. The standard InChI is InChI=1S/C15H16Cl2N2OS/c1-15(2,14-18-4-5-19(14)10-20)3-6-21-13-8-11(16)7-12(17)9-13/h4-5,7-10H,3,6H2,1-2H3. The summed E-state index contributed by atoms with van der Waals surface area (Å²) in [6.45, 7) is 4.17. The second kappa shape index (κ2) is 6.86. The van der Waals surface area contributed by atoms with E-state index in [1.807, 2.05) is 12.1 Å². The maximum absolute atomic E-state index is 11.0. The zero-order valence-electron chi connectivity index (χ0n) is 11.8. The lowest BCUT2D eigenvalue weighted by Crippen LogP contribution is -2.23. The maximum atomic E-state index is 11.0. The van der Waals surface area contributed by atoms with E-state index in [1.165, 1.54) is 4.57 Å². The Labute approximate surface area is 138 Å². The van der Waals surface area contributed by atoms with Gasteiger partial charge in [-0.3, -0.25) is 9.36 Å². The number of carbonyl (C=O) groups is 1. The molecule has 0 N–H and O–H groups in total. The van der Waals surface area contributed by atoms with Gasteiger partial charge in [-0.1, -0.05) is 37.0 Å². The first-order chi connectivity index (χ1) is 9.92. The summed E-state index contributed by atoms with van der Waals surface area (Å²) in [6, 6.07) is 5.52. The van der Waals surface area contributed by atoms with Gasteiger partial charge in [0.25, 0.3) is 0 Å². The van der Waals surface area contributed by atoms with E-state index >= 15 is 0 Å². The van der Waals surface area contributed by atoms with Crippen LogP contribution in [0.3, 0.4) is 0 Å². The van der Waals surface area contributed by atoms with Gasteiger partial charge in [-0.25, -0.2) is 4.98 Å². The Balaban J connectivity index is 2.00. The van der Waals surface area contributed by atoms with Crippen LogP contribution >= 0.6 is 35.0 Å². The molecule has 0 amide bonds. The lowest BCUT2D eigenvalue weighted by Gasteiger charge is -2.23. The normalized spacial score (nSPS) is 11.6. The molecular formula is C15H16Cl2N2OS. The molecule has 1 aromatic heterocycles. The monoisotopic (exact) mass is 342 g/mol. The van der Waals surface area contributed by atoms with E-state index in [2.05, 4.69) is 18.8 Å². The van der Waals surface area contributed by atoms with Crippen LogP contribution in [0, 0.1) is 0 Å². The van der Waals surface area contributed by atoms with E-state index in [0.29, 0.717) is 10.0 Å². The van der Waals surface area contributed by atoms with Gasteiger partial charge in [0.05, 0.1) is 0 Å². The van der Waals surface area contributed by atoms with Gasteiger partial charge in [0, 0.05) is 32.7 Å². The first kappa shape index (κ1) is 16.4. The molecule has 21 heavy (non-hydrogen) atoms. The fourth-order valence-corrected chi connectivity index (χ4v) is 3.99. The SMILES string of the molecule is CC(C)(CCSc1cc(Cl)cc(Cl)c1)c1nccn1C=O. The highest BCUT2D eigenvalue weighted by Gasteiger charge is 2.25. The Kier molecular flexibility index (Phi) is 5.36. The molecule has 112 valence electrons. The quantitative estimate of drug-likeness (QED) is 0.564. The summed E-state index contributed by atoms with van der Waals surface area (Å²) in [5.41, 5.74) is -0.181. The van der Waals surface area contributed by atoms with Crippen molar-refractivity contribution in [3.8, 4) is 0 Å². The van der Waals surface area contributed by atoms with E-state index < -0.39 is 0 Å². The van der Waals surface area contributed by atoms with Crippen LogP contribution in [0.15, 0.2) is 35.5 Å². The summed E-state index contributed by atoms with van der Waals surface area (Å²) in [6.07, 6.45) is 4.99. The van der Waals surface area contributed by atoms with Crippen molar-refractivity contribution >= 4 is 41.4 Å². The minimum atomic E-state index is -0.181. The highest BCUT2D eigenvalue weighted by Crippen LogP contribution is 2.31. The third-order valence-electron chi connectivity index (χ3n) is 3.22. The molecule has 1 aromatic carbocycles. The number of aromatic nitrogens is 2. The topological polar surface area (TPSA) is 34.9 Å². The molecule has 6 heteroatoms. The largest absolute Gasteiger partial charge is 0.278 e. The smallest absolute Gasteiger partial charge is 0.219 e. The van der Waals surface area contributed by atoms with Gasteiger partial charge < -0.3 is 0 Å². The second-order valence-electron chi connectivity index (χ2n) is 5.35. The van der Waals surface area contributed by atoms with Crippen LogP contribution in [-0.2, 0) is 10.2 Å². The molecule has 0 unspecified atom stereocenters. The number of hydrogen-bond acceptors (Lipinski definition) is 3. The average Bonchev–Trinajstić information content (AvgIpc) is 2.86. The zero-order chi connectivity index (χ0) is 15.5. The molecule has 0 aliphatic rings. The van der Waals surface area contributed by atoms with Crippen molar-refractivity contribution in [3.63, 3.8) is 0 Å². The third-order valence-corrected chi connectivity index (χ3v) is 4.63. The first-order valence-electron chi connectivity index (χ1n) is 6.50. The highest BCUT2D eigenvalue weighted by molar-refractivity contribution is 7.99. The molecule has 0 saturated carbocycles. The molecule has 0 saturated heterocycles. The molecule has 2 rings (SSSR count). The molecule has 0 radical (unpaired) electrons. The molecule has 2 aromatic rings. The minimum absolute atomic E-state index is 0.181. The fraction of sp³-hybridized carbons (Fsp3) is 0.333. The van der Waals surface area contributed by atoms with Crippen molar-refractivity contribution in [2.24, 2.45) is 0 Å². The van der Waals surface area contributed by atoms with Crippen molar-refractivity contribution in [3.05, 3.63) is 46.5 Å². The molecule has 0 fully saturated rings. The predicted molar refractivity (Wildman–Crippen MR) is 89.2 cm³/mol. The molecule has 0 bridgehead atoms. The van der Waals surface area contributed by atoms with E-state index in [-0.39, 0.29) is 5.41 Å². The highest BCUT2D eigenvalue weighted by atomic mass is 35.5. The summed E-state index contributed by atoms with van der Waals surface area (Å²) >= 11 is 13.7. The summed E-state index contributed by atoms with van der Waals surface area (Å²) in [7, 11) is 0.